The van der Waals surface area contributed by atoms with Crippen molar-refractivity contribution < 1.29 is 76.7 Å². The van der Waals surface area contributed by atoms with Crippen LogP contribution in [0.15, 0.2) is 78.9 Å². The standard InChI is InChI=1S/C44H73N3O9.C33H39N7O7S/c1-14-29(7)40(45(10)43(52)33(27(3)4)25-36(49)39(28(5)6)46(11)44(53)56-15-2)37(54-12)26-38(50)47-23-19-22-34(47)42(55-13)31(9)35(48)24-30(8)41(51)32-20-17-16-18-21-32;1-4-39(33(45)47-26-10-8-22(2)9-11-26)21-28-35-37-31(38-36-28)24-7-5-6-23(18-24)19-25(41)13-16-46-17-14-34-29(42)12-15-40-30(43)20-27(48-3)32(40)44/h16-18,20-21,27-31,33-34,37,39-42,51H,14-15,19,22-26H2,1-13H3;5-11,18,27H,4,12-17,19-21H2,1-3H3,(H,34,42)/t29-,30-,31-,33-,34-,37+,39-,40-,41+,42+;/m0./s1. The van der Waals surface area contributed by atoms with Crippen molar-refractivity contribution in [3.8, 4) is 17.1 Å². The van der Waals surface area contributed by atoms with Crippen LogP contribution in [0.5, 0.6) is 5.75 Å². The first-order valence-corrected chi connectivity index (χ1v) is 37.5. The molecule has 572 valence electrons. The molecule has 4 aromatic rings. The number of aliphatic hydroxyl groups is 1. The number of aromatic nitrogens is 4. The Morgan fingerprint density at radius 1 is 0.760 bits per heavy atom. The molecule has 2 N–H and O–H groups in total. The highest BCUT2D eigenvalue weighted by Gasteiger charge is 2.44. The van der Waals surface area contributed by atoms with Gasteiger partial charge < -0.3 is 53.7 Å². The van der Waals surface area contributed by atoms with Gasteiger partial charge in [-0.25, -0.2) is 9.59 Å². The highest BCUT2D eigenvalue weighted by molar-refractivity contribution is 8.00. The van der Waals surface area contributed by atoms with Crippen molar-refractivity contribution in [3.63, 3.8) is 0 Å². The molecular weight excluding hydrogens is 1350 g/mol. The first-order valence-electron chi connectivity index (χ1n) is 36.3. The largest absolute Gasteiger partial charge is 0.450 e. The number of nitrogens with zero attached hydrogens (tertiary/aromatic N) is 9. The maximum atomic E-state index is 14.4. The molecule has 0 bridgehead atoms. The highest BCUT2D eigenvalue weighted by atomic mass is 32.2. The fourth-order valence-corrected chi connectivity index (χ4v) is 13.9. The number of hydrogen-bond acceptors (Lipinski definition) is 21. The molecule has 2 saturated heterocycles. The van der Waals surface area contributed by atoms with Crippen LogP contribution in [0.4, 0.5) is 9.59 Å². The van der Waals surface area contributed by atoms with E-state index < -0.39 is 54.4 Å². The molecule has 2 aliphatic heterocycles. The molecule has 7 amide bonds. The highest BCUT2D eigenvalue weighted by Crippen LogP contribution is 2.34. The van der Waals surface area contributed by atoms with Crippen LogP contribution in [-0.2, 0) is 70.3 Å². The normalized spacial score (nSPS) is 17.0. The molecule has 104 heavy (non-hydrogen) atoms. The van der Waals surface area contributed by atoms with Crippen molar-refractivity contribution in [1.29, 1.82) is 0 Å². The molecule has 3 aromatic carbocycles. The average molecular weight is 1470 g/mol. The number of likely N-dealkylation sites (N-methyl/N-ethyl adjacent to an activating group) is 2. The molecule has 2 aliphatic rings. The van der Waals surface area contributed by atoms with Crippen molar-refractivity contribution in [2.24, 2.45) is 35.5 Å². The summed E-state index contributed by atoms with van der Waals surface area (Å²) in [4.78, 5) is 137. The Balaban J connectivity index is 0.000000378. The average Bonchev–Trinajstić information content (AvgIpc) is 1.62. The quantitative estimate of drug-likeness (QED) is 0.0309. The lowest BCUT2D eigenvalue weighted by molar-refractivity contribution is -0.149. The number of aryl methyl sites for hydroxylation is 1. The van der Waals surface area contributed by atoms with Crippen molar-refractivity contribution in [2.75, 3.05) is 80.6 Å². The smallest absolute Gasteiger partial charge is 0.415 e. The number of carbonyl (C=O) groups is 10. The van der Waals surface area contributed by atoms with Gasteiger partial charge in [0.25, 0.3) is 0 Å². The topological polar surface area (TPSA) is 317 Å². The van der Waals surface area contributed by atoms with Crippen molar-refractivity contribution in [1.82, 2.24) is 50.2 Å². The van der Waals surface area contributed by atoms with Crippen LogP contribution < -0.4 is 10.1 Å². The zero-order valence-corrected chi connectivity index (χ0v) is 64.6. The van der Waals surface area contributed by atoms with Gasteiger partial charge in [0, 0.05) is 110 Å². The summed E-state index contributed by atoms with van der Waals surface area (Å²) in [6, 6.07) is 22.2. The van der Waals surface area contributed by atoms with Crippen molar-refractivity contribution >= 4 is 70.8 Å². The summed E-state index contributed by atoms with van der Waals surface area (Å²) in [5.41, 5.74) is 3.24. The molecule has 1 unspecified atom stereocenters. The number of carbonyl (C=O) groups excluding carboxylic acids is 10. The molecule has 3 heterocycles. The third-order valence-electron chi connectivity index (χ3n) is 19.5. The SMILES string of the molecule is CCN(Cc1nnc(-c2cccc(CC(=O)CCOCCNC(=O)CCN3C(=O)CC(SC)C3=O)c2)nn1)C(=O)Oc1ccc(C)cc1.CCOC(=O)N(C)[C@H](C(=O)C[C@H](C(=O)N(C)[C@@H]([C@@H](C)CC)[C@@H](CC(=O)N1CCC[C@H]1[C@H](OC)[C@@H](C)C(=O)C[C@H](C)[C@@H](O)c1ccccc1)OC)C(C)C)C(C)C. The van der Waals surface area contributed by atoms with Gasteiger partial charge in [-0.3, -0.25) is 43.3 Å². The lowest BCUT2D eigenvalue weighted by Gasteiger charge is -2.41. The second-order valence-electron chi connectivity index (χ2n) is 27.6. The zero-order chi connectivity index (χ0) is 76.9. The lowest BCUT2D eigenvalue weighted by atomic mass is 9.83. The fraction of sp³-hybridized carbons (Fsp3) is 0.610. The van der Waals surface area contributed by atoms with Gasteiger partial charge in [-0.15, -0.1) is 20.4 Å². The van der Waals surface area contributed by atoms with Gasteiger partial charge in [-0.05, 0) is 92.9 Å². The van der Waals surface area contributed by atoms with E-state index in [1.165, 1.54) is 21.6 Å². The van der Waals surface area contributed by atoms with Crippen LogP contribution in [0, 0.1) is 42.4 Å². The first-order chi connectivity index (χ1) is 49.5. The van der Waals surface area contributed by atoms with Crippen molar-refractivity contribution in [2.45, 2.75) is 189 Å². The summed E-state index contributed by atoms with van der Waals surface area (Å²) in [6.07, 6.45) is 1.60. The minimum absolute atomic E-state index is 0.0176. The van der Waals surface area contributed by atoms with Crippen LogP contribution >= 0.6 is 11.8 Å². The van der Waals surface area contributed by atoms with Gasteiger partial charge >= 0.3 is 12.2 Å². The van der Waals surface area contributed by atoms with E-state index in [9.17, 15) is 53.1 Å². The zero-order valence-electron chi connectivity index (χ0n) is 63.7. The van der Waals surface area contributed by atoms with E-state index >= 15 is 0 Å². The number of methoxy groups -OCH3 is 2. The first kappa shape index (κ1) is 86.5. The predicted octanol–water partition coefficient (Wildman–Crippen LogP) is 9.36. The number of amides is 7. The monoisotopic (exact) mass is 1460 g/mol. The molecule has 0 aliphatic carbocycles. The van der Waals surface area contributed by atoms with Gasteiger partial charge in [0.15, 0.2) is 11.6 Å². The van der Waals surface area contributed by atoms with E-state index in [1.54, 1.807) is 76.7 Å². The Kier molecular flexibility index (Phi) is 36.1. The molecule has 0 radical (unpaired) electrons. The molecule has 1 aromatic heterocycles. The maximum Gasteiger partial charge on any atom is 0.415 e. The minimum atomic E-state index is -0.779. The van der Waals surface area contributed by atoms with E-state index in [4.69, 9.17) is 23.7 Å². The summed E-state index contributed by atoms with van der Waals surface area (Å²) < 4.78 is 28.1. The minimum Gasteiger partial charge on any atom is -0.450 e. The summed E-state index contributed by atoms with van der Waals surface area (Å²) in [6.45, 7) is 22.7. The van der Waals surface area contributed by atoms with Gasteiger partial charge in [0.2, 0.25) is 35.4 Å². The van der Waals surface area contributed by atoms with Crippen LogP contribution in [0.1, 0.15) is 156 Å². The number of Topliss-reactive ketones (excluding diaryl/α,β-unsaturated/α-hetero) is 3. The second kappa shape index (κ2) is 43.4. The fourth-order valence-electron chi connectivity index (χ4n) is 13.3. The number of benzene rings is 3. The number of nitrogens with one attached hydrogen (secondary N) is 1. The Labute approximate surface area is 618 Å². The Hall–Kier alpha value is -8.11. The molecule has 27 heteroatoms. The van der Waals surface area contributed by atoms with E-state index in [0.717, 1.165) is 34.4 Å². The molecule has 11 atom stereocenters. The Morgan fingerprint density at radius 3 is 2.04 bits per heavy atom. The number of ketones is 3. The number of thioether (sulfide) groups is 1. The number of aliphatic hydroxyl groups excluding tert-OH is 1. The maximum absolute atomic E-state index is 14.4. The molecule has 6 rings (SSSR count). The van der Waals surface area contributed by atoms with Crippen LogP contribution in [0.3, 0.4) is 0 Å². The lowest BCUT2D eigenvalue weighted by Crippen LogP contribution is -2.54. The van der Waals surface area contributed by atoms with E-state index in [2.05, 4.69) is 25.7 Å². The third-order valence-corrected chi connectivity index (χ3v) is 20.4. The second-order valence-corrected chi connectivity index (χ2v) is 28.7. The predicted molar refractivity (Wildman–Crippen MR) is 394 cm³/mol. The third kappa shape index (κ3) is 25.3. The summed E-state index contributed by atoms with van der Waals surface area (Å²) in [7, 11) is 6.40. The molecule has 26 nitrogen and oxygen atoms in total. The van der Waals surface area contributed by atoms with E-state index in [0.29, 0.717) is 30.8 Å². The van der Waals surface area contributed by atoms with Gasteiger partial charge in [0.05, 0.1) is 74.5 Å². The number of ether oxygens (including phenoxy) is 5. The van der Waals surface area contributed by atoms with Crippen LogP contribution in [0.25, 0.3) is 11.4 Å². The summed E-state index contributed by atoms with van der Waals surface area (Å²) in [5.74, 6) is -2.32. The number of rotatable bonds is 40. The Morgan fingerprint density at radius 2 is 1.44 bits per heavy atom. The summed E-state index contributed by atoms with van der Waals surface area (Å²) >= 11 is 1.33. The number of hydrogen-bond donors (Lipinski definition) is 2. The van der Waals surface area contributed by atoms with Gasteiger partial charge in [-0.1, -0.05) is 128 Å². The van der Waals surface area contributed by atoms with Crippen LogP contribution in [0.2, 0.25) is 0 Å². The molecular formula is C77H112N10O16S. The number of imide groups is 1. The van der Waals surface area contributed by atoms with E-state index in [1.807, 2.05) is 123 Å². The molecule has 0 saturated carbocycles. The van der Waals surface area contributed by atoms with Gasteiger partial charge in [0.1, 0.15) is 17.3 Å². The Bertz CT molecular complexity index is 3440. The molecule has 2 fully saturated rings. The number of likely N-dealkylation sites (tertiary alicyclic amines) is 2. The van der Waals surface area contributed by atoms with Gasteiger partial charge in [-0.2, -0.15) is 11.8 Å². The molecule has 0 spiro atoms. The van der Waals surface area contributed by atoms with Crippen LogP contribution in [-0.4, -0.2) is 225 Å². The summed E-state index contributed by atoms with van der Waals surface area (Å²) in [5, 5.41) is 29.9. The van der Waals surface area contributed by atoms with E-state index in [-0.39, 0.29) is 178 Å². The van der Waals surface area contributed by atoms with Crippen molar-refractivity contribution in [3.05, 3.63) is 101 Å².